The Balaban J connectivity index is 2.31. The van der Waals surface area contributed by atoms with Gasteiger partial charge in [-0.2, -0.15) is 0 Å². The molecule has 2 aromatic carbocycles. The summed E-state index contributed by atoms with van der Waals surface area (Å²) in [5.41, 5.74) is 3.21. The molecule has 0 heterocycles. The van der Waals surface area contributed by atoms with Crippen LogP contribution in [0, 0.1) is 19.7 Å². The molecule has 1 nitrogen and oxygen atoms in total. The Kier molecular flexibility index (Phi) is 4.01. The summed E-state index contributed by atoms with van der Waals surface area (Å²) in [4.78, 5) is 12.3. The highest BCUT2D eigenvalue weighted by Crippen LogP contribution is 2.21. The number of halogens is 2. The van der Waals surface area contributed by atoms with Crippen molar-refractivity contribution in [3.63, 3.8) is 0 Å². The van der Waals surface area contributed by atoms with Crippen molar-refractivity contribution in [2.24, 2.45) is 0 Å². The standard InChI is InChI=1S/C16H14ClFO/c1-10-4-3-5-14(11(10)2)16(19)9-12-8-13(18)6-7-15(12)17/h3-8H,9H2,1-2H3. The molecule has 0 bridgehead atoms. The lowest BCUT2D eigenvalue weighted by atomic mass is 9.96. The monoisotopic (exact) mass is 276 g/mol. The van der Waals surface area contributed by atoms with E-state index in [1.165, 1.54) is 18.2 Å². The van der Waals surface area contributed by atoms with E-state index in [-0.39, 0.29) is 18.0 Å². The maximum Gasteiger partial charge on any atom is 0.167 e. The van der Waals surface area contributed by atoms with Gasteiger partial charge in [0.2, 0.25) is 0 Å². The Labute approximate surface area is 117 Å². The van der Waals surface area contributed by atoms with Gasteiger partial charge in [-0.25, -0.2) is 4.39 Å². The van der Waals surface area contributed by atoms with Crippen molar-refractivity contribution in [3.05, 3.63) is 69.5 Å². The van der Waals surface area contributed by atoms with Gasteiger partial charge >= 0.3 is 0 Å². The van der Waals surface area contributed by atoms with E-state index >= 15 is 0 Å². The summed E-state index contributed by atoms with van der Waals surface area (Å²) in [6.45, 7) is 3.87. The van der Waals surface area contributed by atoms with Crippen molar-refractivity contribution in [1.29, 1.82) is 0 Å². The highest BCUT2D eigenvalue weighted by atomic mass is 35.5. The second kappa shape index (κ2) is 5.54. The third-order valence-corrected chi connectivity index (χ3v) is 3.63. The molecule has 0 amide bonds. The van der Waals surface area contributed by atoms with Crippen molar-refractivity contribution < 1.29 is 9.18 Å². The van der Waals surface area contributed by atoms with Crippen molar-refractivity contribution >= 4 is 17.4 Å². The zero-order chi connectivity index (χ0) is 14.0. The number of carbonyl (C=O) groups excluding carboxylic acids is 1. The molecule has 19 heavy (non-hydrogen) atoms. The van der Waals surface area contributed by atoms with E-state index in [9.17, 15) is 9.18 Å². The molecule has 2 aromatic rings. The molecule has 0 fully saturated rings. The quantitative estimate of drug-likeness (QED) is 0.753. The van der Waals surface area contributed by atoms with Crippen molar-refractivity contribution in [2.75, 3.05) is 0 Å². The van der Waals surface area contributed by atoms with E-state index in [1.54, 1.807) is 6.07 Å². The number of carbonyl (C=O) groups is 1. The Morgan fingerprint density at radius 1 is 1.21 bits per heavy atom. The molecule has 0 atom stereocenters. The van der Waals surface area contributed by atoms with Crippen LogP contribution in [0.15, 0.2) is 36.4 Å². The van der Waals surface area contributed by atoms with Crippen LogP contribution in [0.5, 0.6) is 0 Å². The Bertz CT molecular complexity index is 635. The molecule has 98 valence electrons. The Morgan fingerprint density at radius 2 is 1.95 bits per heavy atom. The van der Waals surface area contributed by atoms with Gasteiger partial charge in [-0.15, -0.1) is 0 Å². The second-order valence-electron chi connectivity index (χ2n) is 4.58. The van der Waals surface area contributed by atoms with Crippen LogP contribution in [-0.4, -0.2) is 5.78 Å². The van der Waals surface area contributed by atoms with E-state index in [0.717, 1.165) is 11.1 Å². The van der Waals surface area contributed by atoms with Crippen LogP contribution >= 0.6 is 11.6 Å². The second-order valence-corrected chi connectivity index (χ2v) is 4.99. The largest absolute Gasteiger partial charge is 0.294 e. The molecule has 0 aliphatic heterocycles. The van der Waals surface area contributed by atoms with E-state index in [1.807, 2.05) is 26.0 Å². The van der Waals surface area contributed by atoms with Gasteiger partial charge in [-0.3, -0.25) is 4.79 Å². The molecule has 0 saturated heterocycles. The summed E-state index contributed by atoms with van der Waals surface area (Å²) in [6.07, 6.45) is 0.112. The van der Waals surface area contributed by atoms with Gasteiger partial charge in [0.1, 0.15) is 5.82 Å². The van der Waals surface area contributed by atoms with Gasteiger partial charge in [-0.05, 0) is 48.7 Å². The predicted octanol–water partition coefficient (Wildman–Crippen LogP) is 4.52. The third-order valence-electron chi connectivity index (χ3n) is 3.26. The van der Waals surface area contributed by atoms with Gasteiger partial charge in [0.05, 0.1) is 0 Å². The van der Waals surface area contributed by atoms with E-state index in [0.29, 0.717) is 16.1 Å². The molecule has 2 rings (SSSR count). The fourth-order valence-electron chi connectivity index (χ4n) is 2.00. The lowest BCUT2D eigenvalue weighted by molar-refractivity contribution is 0.0992. The van der Waals surface area contributed by atoms with Gasteiger partial charge in [0, 0.05) is 17.0 Å². The molecule has 0 spiro atoms. The number of benzene rings is 2. The van der Waals surface area contributed by atoms with Crippen LogP contribution in [0.4, 0.5) is 4.39 Å². The van der Waals surface area contributed by atoms with E-state index in [2.05, 4.69) is 0 Å². The Hall–Kier alpha value is -1.67. The maximum atomic E-state index is 13.2. The Morgan fingerprint density at radius 3 is 2.68 bits per heavy atom. The molecule has 0 unspecified atom stereocenters. The van der Waals surface area contributed by atoms with Crippen LogP contribution in [0.1, 0.15) is 27.0 Å². The molecular formula is C16H14ClFO. The average Bonchev–Trinajstić information content (AvgIpc) is 2.37. The normalized spacial score (nSPS) is 10.5. The van der Waals surface area contributed by atoms with Crippen LogP contribution in [0.3, 0.4) is 0 Å². The minimum Gasteiger partial charge on any atom is -0.294 e. The number of hydrogen-bond donors (Lipinski definition) is 0. The number of rotatable bonds is 3. The molecular weight excluding hydrogens is 263 g/mol. The fraction of sp³-hybridized carbons (Fsp3) is 0.188. The number of ketones is 1. The SMILES string of the molecule is Cc1cccc(C(=O)Cc2cc(F)ccc2Cl)c1C. The fourth-order valence-corrected chi connectivity index (χ4v) is 2.18. The first-order valence-corrected chi connectivity index (χ1v) is 6.40. The van der Waals surface area contributed by atoms with Crippen molar-refractivity contribution in [2.45, 2.75) is 20.3 Å². The summed E-state index contributed by atoms with van der Waals surface area (Å²) in [7, 11) is 0. The van der Waals surface area contributed by atoms with Gasteiger partial charge in [0.25, 0.3) is 0 Å². The molecule has 0 radical (unpaired) electrons. The number of aryl methyl sites for hydroxylation is 1. The summed E-state index contributed by atoms with van der Waals surface area (Å²) >= 11 is 5.98. The molecule has 0 aliphatic carbocycles. The lowest BCUT2D eigenvalue weighted by Gasteiger charge is -2.08. The minimum atomic E-state index is -0.381. The molecule has 3 heteroatoms. The van der Waals surface area contributed by atoms with Crippen molar-refractivity contribution in [3.8, 4) is 0 Å². The first-order valence-electron chi connectivity index (χ1n) is 6.02. The lowest BCUT2D eigenvalue weighted by Crippen LogP contribution is -2.07. The zero-order valence-corrected chi connectivity index (χ0v) is 11.6. The van der Waals surface area contributed by atoms with Gasteiger partial charge < -0.3 is 0 Å². The zero-order valence-electron chi connectivity index (χ0n) is 10.8. The van der Waals surface area contributed by atoms with E-state index < -0.39 is 0 Å². The van der Waals surface area contributed by atoms with Crippen LogP contribution in [0.25, 0.3) is 0 Å². The number of Topliss-reactive ketones (excluding diaryl/α,β-unsaturated/α-hetero) is 1. The molecule has 0 saturated carbocycles. The molecule has 0 aliphatic rings. The molecule has 0 aromatic heterocycles. The van der Waals surface area contributed by atoms with Crippen molar-refractivity contribution in [1.82, 2.24) is 0 Å². The first-order chi connectivity index (χ1) is 8.99. The summed E-state index contributed by atoms with van der Waals surface area (Å²) in [5, 5.41) is 0.417. The molecule has 0 N–H and O–H groups in total. The smallest absolute Gasteiger partial charge is 0.167 e. The van der Waals surface area contributed by atoms with E-state index in [4.69, 9.17) is 11.6 Å². The summed E-state index contributed by atoms with van der Waals surface area (Å²) in [6, 6.07) is 9.67. The number of hydrogen-bond acceptors (Lipinski definition) is 1. The summed E-state index contributed by atoms with van der Waals surface area (Å²) in [5.74, 6) is -0.429. The topological polar surface area (TPSA) is 17.1 Å². The highest BCUT2D eigenvalue weighted by molar-refractivity contribution is 6.31. The predicted molar refractivity (Wildman–Crippen MR) is 75.4 cm³/mol. The minimum absolute atomic E-state index is 0.0475. The summed E-state index contributed by atoms with van der Waals surface area (Å²) < 4.78 is 13.2. The van der Waals surface area contributed by atoms with Crippen LogP contribution in [0.2, 0.25) is 5.02 Å². The van der Waals surface area contributed by atoms with Crippen LogP contribution in [-0.2, 0) is 6.42 Å². The average molecular weight is 277 g/mol. The van der Waals surface area contributed by atoms with Gasteiger partial charge in [-0.1, -0.05) is 29.8 Å². The maximum absolute atomic E-state index is 13.2. The highest BCUT2D eigenvalue weighted by Gasteiger charge is 2.13. The van der Waals surface area contributed by atoms with Crippen LogP contribution < -0.4 is 0 Å². The first kappa shape index (κ1) is 13.8. The third kappa shape index (κ3) is 3.02. The van der Waals surface area contributed by atoms with Gasteiger partial charge in [0.15, 0.2) is 5.78 Å².